The van der Waals surface area contributed by atoms with Crippen LogP contribution < -0.4 is 10.6 Å². The van der Waals surface area contributed by atoms with E-state index in [4.69, 9.17) is 12.2 Å². The second-order valence-corrected chi connectivity index (χ2v) is 7.46. The SMILES string of the molecule is CCc1nnc2sc(-c3ccc(CNC(=S)NC(=O)C(C)C)cc3)nn12. The number of hydrogen-bond donors (Lipinski definition) is 2. The van der Waals surface area contributed by atoms with E-state index in [0.29, 0.717) is 11.7 Å². The number of carbonyl (C=O) groups excluding carboxylic acids is 1. The van der Waals surface area contributed by atoms with Gasteiger partial charge in [0.05, 0.1) is 0 Å². The van der Waals surface area contributed by atoms with Gasteiger partial charge in [0.15, 0.2) is 10.9 Å². The van der Waals surface area contributed by atoms with Crippen LogP contribution in [0.1, 0.15) is 32.2 Å². The van der Waals surface area contributed by atoms with Gasteiger partial charge in [-0.05, 0) is 17.8 Å². The highest BCUT2D eigenvalue weighted by atomic mass is 32.1. The van der Waals surface area contributed by atoms with Crippen LogP contribution in [-0.4, -0.2) is 30.8 Å². The molecule has 2 aromatic heterocycles. The molecule has 0 saturated heterocycles. The van der Waals surface area contributed by atoms with Gasteiger partial charge in [0.2, 0.25) is 10.9 Å². The van der Waals surface area contributed by atoms with Gasteiger partial charge >= 0.3 is 0 Å². The molecule has 0 radical (unpaired) electrons. The lowest BCUT2D eigenvalue weighted by Crippen LogP contribution is -2.40. The highest BCUT2D eigenvalue weighted by Gasteiger charge is 2.12. The van der Waals surface area contributed by atoms with Crippen molar-refractivity contribution in [3.05, 3.63) is 35.7 Å². The summed E-state index contributed by atoms with van der Waals surface area (Å²) in [4.78, 5) is 12.4. The Bertz CT molecular complexity index is 929. The molecular weight excluding hydrogens is 368 g/mol. The van der Waals surface area contributed by atoms with Crippen LogP contribution in [0.3, 0.4) is 0 Å². The molecule has 0 aliphatic carbocycles. The van der Waals surface area contributed by atoms with E-state index in [9.17, 15) is 4.79 Å². The summed E-state index contributed by atoms with van der Waals surface area (Å²) in [5.74, 6) is 0.671. The second-order valence-electron chi connectivity index (χ2n) is 6.09. The molecule has 0 aliphatic rings. The summed E-state index contributed by atoms with van der Waals surface area (Å²) < 4.78 is 1.80. The molecular formula is C17H20N6OS2. The molecule has 2 heterocycles. The van der Waals surface area contributed by atoms with Gasteiger partial charge in [0, 0.05) is 24.4 Å². The second kappa shape index (κ2) is 7.88. The first kappa shape index (κ1) is 18.4. The largest absolute Gasteiger partial charge is 0.358 e. The first-order chi connectivity index (χ1) is 12.5. The van der Waals surface area contributed by atoms with Crippen molar-refractivity contribution in [2.24, 2.45) is 5.92 Å². The highest BCUT2D eigenvalue weighted by Crippen LogP contribution is 2.25. The zero-order chi connectivity index (χ0) is 18.7. The lowest BCUT2D eigenvalue weighted by atomic mass is 10.1. The predicted octanol–water partition coefficient (Wildman–Crippen LogP) is 2.56. The summed E-state index contributed by atoms with van der Waals surface area (Å²) in [5.41, 5.74) is 2.09. The molecule has 2 N–H and O–H groups in total. The normalized spacial score (nSPS) is 11.1. The Kier molecular flexibility index (Phi) is 5.58. The van der Waals surface area contributed by atoms with E-state index in [1.54, 1.807) is 4.52 Å². The maximum absolute atomic E-state index is 11.6. The molecule has 0 fully saturated rings. The number of nitrogens with zero attached hydrogens (tertiary/aromatic N) is 4. The third kappa shape index (κ3) is 4.05. The summed E-state index contributed by atoms with van der Waals surface area (Å²) in [5, 5.41) is 19.8. The fourth-order valence-electron chi connectivity index (χ4n) is 2.24. The van der Waals surface area contributed by atoms with Gasteiger partial charge < -0.3 is 10.6 Å². The monoisotopic (exact) mass is 388 g/mol. The van der Waals surface area contributed by atoms with Crippen LogP contribution in [-0.2, 0) is 17.8 Å². The average Bonchev–Trinajstić information content (AvgIpc) is 3.20. The highest BCUT2D eigenvalue weighted by molar-refractivity contribution is 7.80. The summed E-state index contributed by atoms with van der Waals surface area (Å²) >= 11 is 6.65. The van der Waals surface area contributed by atoms with Crippen LogP contribution in [0.5, 0.6) is 0 Å². The number of fused-ring (bicyclic) bond motifs is 1. The number of nitrogens with one attached hydrogen (secondary N) is 2. The van der Waals surface area contributed by atoms with Gasteiger partial charge in [-0.25, -0.2) is 0 Å². The van der Waals surface area contributed by atoms with Crippen LogP contribution in [0, 0.1) is 5.92 Å². The molecule has 0 saturated carbocycles. The van der Waals surface area contributed by atoms with Gasteiger partial charge in [0.25, 0.3) is 0 Å². The smallest absolute Gasteiger partial charge is 0.234 e. The number of rotatable bonds is 5. The van der Waals surface area contributed by atoms with Crippen molar-refractivity contribution >= 4 is 39.5 Å². The van der Waals surface area contributed by atoms with E-state index in [1.165, 1.54) is 11.3 Å². The molecule has 3 aromatic rings. The van der Waals surface area contributed by atoms with E-state index >= 15 is 0 Å². The fraction of sp³-hybridized carbons (Fsp3) is 0.353. The number of aryl methyl sites for hydroxylation is 1. The number of hydrogen-bond acceptors (Lipinski definition) is 6. The van der Waals surface area contributed by atoms with E-state index in [2.05, 4.69) is 25.9 Å². The average molecular weight is 389 g/mol. The zero-order valence-electron chi connectivity index (χ0n) is 14.8. The van der Waals surface area contributed by atoms with Crippen molar-refractivity contribution in [1.29, 1.82) is 0 Å². The Balaban J connectivity index is 1.63. The number of carbonyl (C=O) groups is 1. The van der Waals surface area contributed by atoms with Crippen LogP contribution in [0.25, 0.3) is 15.5 Å². The van der Waals surface area contributed by atoms with Crippen molar-refractivity contribution in [3.8, 4) is 10.6 Å². The Labute approximate surface area is 160 Å². The lowest BCUT2D eigenvalue weighted by Gasteiger charge is -2.11. The molecule has 3 rings (SSSR count). The van der Waals surface area contributed by atoms with Crippen molar-refractivity contribution in [3.63, 3.8) is 0 Å². The molecule has 0 bridgehead atoms. The third-order valence-corrected chi connectivity index (χ3v) is 4.98. The van der Waals surface area contributed by atoms with Gasteiger partial charge in [-0.15, -0.1) is 10.2 Å². The molecule has 9 heteroatoms. The molecule has 7 nitrogen and oxygen atoms in total. The minimum Gasteiger partial charge on any atom is -0.358 e. The molecule has 0 atom stereocenters. The Morgan fingerprint density at radius 3 is 2.65 bits per heavy atom. The third-order valence-electron chi connectivity index (χ3n) is 3.79. The fourth-order valence-corrected chi connectivity index (χ4v) is 3.28. The maximum atomic E-state index is 11.6. The van der Waals surface area contributed by atoms with Crippen LogP contribution in [0.15, 0.2) is 24.3 Å². The topological polar surface area (TPSA) is 84.2 Å². The summed E-state index contributed by atoms with van der Waals surface area (Å²) in [7, 11) is 0. The van der Waals surface area contributed by atoms with Crippen molar-refractivity contribution < 1.29 is 4.79 Å². The number of aromatic nitrogens is 4. The van der Waals surface area contributed by atoms with Crippen molar-refractivity contribution in [2.45, 2.75) is 33.7 Å². The van der Waals surface area contributed by atoms with Crippen LogP contribution in [0.4, 0.5) is 0 Å². The molecule has 0 unspecified atom stereocenters. The Hall–Kier alpha value is -2.39. The van der Waals surface area contributed by atoms with E-state index in [1.807, 2.05) is 45.0 Å². The zero-order valence-corrected chi connectivity index (χ0v) is 16.4. The summed E-state index contributed by atoms with van der Waals surface area (Å²) in [6.45, 7) is 6.23. The van der Waals surface area contributed by atoms with Gasteiger partial charge in [-0.2, -0.15) is 9.61 Å². The van der Waals surface area contributed by atoms with Gasteiger partial charge in [-0.3, -0.25) is 4.79 Å². The minimum atomic E-state index is -0.100. The molecule has 0 aliphatic heterocycles. The Morgan fingerprint density at radius 2 is 2.00 bits per heavy atom. The van der Waals surface area contributed by atoms with Crippen LogP contribution in [0.2, 0.25) is 0 Å². The van der Waals surface area contributed by atoms with E-state index in [-0.39, 0.29) is 11.8 Å². The molecule has 1 amide bonds. The number of thiocarbonyl (C=S) groups is 1. The minimum absolute atomic E-state index is 0.0902. The standard InChI is InChI=1S/C17H20N6OS2/c1-4-13-20-21-17-23(13)22-15(26-17)12-7-5-11(6-8-12)9-18-16(25)19-14(24)10(2)3/h5-8,10H,4,9H2,1-3H3,(H2,18,19,24,25). The number of benzene rings is 1. The van der Waals surface area contributed by atoms with E-state index in [0.717, 1.165) is 33.3 Å². The summed E-state index contributed by atoms with van der Waals surface area (Å²) in [6, 6.07) is 8.06. The van der Waals surface area contributed by atoms with Crippen molar-refractivity contribution in [1.82, 2.24) is 30.4 Å². The predicted molar refractivity (Wildman–Crippen MR) is 106 cm³/mol. The maximum Gasteiger partial charge on any atom is 0.234 e. The quantitative estimate of drug-likeness (QED) is 0.654. The first-order valence-electron chi connectivity index (χ1n) is 8.37. The first-order valence-corrected chi connectivity index (χ1v) is 9.59. The molecule has 1 aromatic carbocycles. The van der Waals surface area contributed by atoms with Crippen LogP contribution >= 0.6 is 23.6 Å². The van der Waals surface area contributed by atoms with E-state index < -0.39 is 0 Å². The number of amides is 1. The van der Waals surface area contributed by atoms with Gasteiger partial charge in [-0.1, -0.05) is 56.4 Å². The summed E-state index contributed by atoms with van der Waals surface area (Å²) in [6.07, 6.45) is 0.794. The molecule has 0 spiro atoms. The Morgan fingerprint density at radius 1 is 1.27 bits per heavy atom. The van der Waals surface area contributed by atoms with Crippen molar-refractivity contribution in [2.75, 3.05) is 0 Å². The van der Waals surface area contributed by atoms with Gasteiger partial charge in [0.1, 0.15) is 5.01 Å². The lowest BCUT2D eigenvalue weighted by molar-refractivity contribution is -0.122. The molecule has 26 heavy (non-hydrogen) atoms. The molecule has 136 valence electrons.